The minimum Gasteiger partial charge on any atom is -0.330 e. The van der Waals surface area contributed by atoms with Crippen molar-refractivity contribution >= 4 is 0 Å². The van der Waals surface area contributed by atoms with Crippen LogP contribution in [0.15, 0.2) is 36.7 Å². The molecule has 3 heteroatoms. The zero-order chi connectivity index (χ0) is 11.7. The lowest BCUT2D eigenvalue weighted by atomic mass is 10.1. The number of aromatic nitrogens is 2. The predicted octanol–water partition coefficient (Wildman–Crippen LogP) is 2.14. The maximum absolute atomic E-state index is 4.53. The lowest BCUT2D eigenvalue weighted by Crippen LogP contribution is -2.29. The van der Waals surface area contributed by atoms with E-state index in [4.69, 9.17) is 0 Å². The Bertz CT molecular complexity index is 501. The van der Waals surface area contributed by atoms with Crippen molar-refractivity contribution in [2.24, 2.45) is 0 Å². The Morgan fingerprint density at radius 1 is 1.35 bits per heavy atom. The monoisotopic (exact) mass is 227 g/mol. The summed E-state index contributed by atoms with van der Waals surface area (Å²) in [5, 5.41) is 3.44. The molecule has 88 valence electrons. The highest BCUT2D eigenvalue weighted by molar-refractivity contribution is 5.23. The lowest BCUT2D eigenvalue weighted by molar-refractivity contribution is 0.516. The standard InChI is InChI=1S/C14H17N3/c1-11-14-13(7-8-15-11)17(10-16-14)9-12-5-3-2-4-6-12/h2-6,10-11,15H,7-9H2,1H3. The number of hydrogen-bond acceptors (Lipinski definition) is 2. The summed E-state index contributed by atoms with van der Waals surface area (Å²) in [5.41, 5.74) is 3.94. The van der Waals surface area contributed by atoms with Gasteiger partial charge in [0, 0.05) is 31.2 Å². The molecule has 1 aromatic heterocycles. The lowest BCUT2D eigenvalue weighted by Gasteiger charge is -2.21. The molecule has 0 aliphatic carbocycles. The Morgan fingerprint density at radius 3 is 3.00 bits per heavy atom. The minimum absolute atomic E-state index is 0.385. The van der Waals surface area contributed by atoms with Gasteiger partial charge in [-0.3, -0.25) is 0 Å². The van der Waals surface area contributed by atoms with E-state index in [9.17, 15) is 0 Å². The fourth-order valence-corrected chi connectivity index (χ4v) is 2.48. The van der Waals surface area contributed by atoms with Gasteiger partial charge in [0.25, 0.3) is 0 Å². The molecule has 1 aromatic carbocycles. The SMILES string of the molecule is CC1NCCc2c1ncn2Cc1ccccc1. The molecule has 1 N–H and O–H groups in total. The molecule has 0 radical (unpaired) electrons. The number of hydrogen-bond donors (Lipinski definition) is 1. The zero-order valence-electron chi connectivity index (χ0n) is 10.1. The average molecular weight is 227 g/mol. The van der Waals surface area contributed by atoms with E-state index in [1.54, 1.807) is 0 Å². The van der Waals surface area contributed by atoms with Crippen LogP contribution in [0.3, 0.4) is 0 Å². The third-order valence-electron chi connectivity index (χ3n) is 3.40. The second-order valence-corrected chi connectivity index (χ2v) is 4.62. The van der Waals surface area contributed by atoms with Crippen LogP contribution in [0, 0.1) is 0 Å². The quantitative estimate of drug-likeness (QED) is 0.852. The van der Waals surface area contributed by atoms with E-state index < -0.39 is 0 Å². The molecule has 0 spiro atoms. The first-order chi connectivity index (χ1) is 8.34. The molecule has 1 aliphatic rings. The first-order valence-electron chi connectivity index (χ1n) is 6.16. The number of nitrogens with one attached hydrogen (secondary N) is 1. The second-order valence-electron chi connectivity index (χ2n) is 4.62. The molecule has 1 aliphatic heterocycles. The number of fused-ring (bicyclic) bond motifs is 1. The summed E-state index contributed by atoms with van der Waals surface area (Å²) in [4.78, 5) is 4.53. The molecule has 2 aromatic rings. The molecule has 1 unspecified atom stereocenters. The summed E-state index contributed by atoms with van der Waals surface area (Å²) < 4.78 is 2.28. The van der Waals surface area contributed by atoms with Gasteiger partial charge in [-0.2, -0.15) is 0 Å². The molecule has 0 saturated carbocycles. The molecule has 3 nitrogen and oxygen atoms in total. The first kappa shape index (κ1) is 10.5. The van der Waals surface area contributed by atoms with Crippen molar-refractivity contribution in [3.05, 3.63) is 53.6 Å². The summed E-state index contributed by atoms with van der Waals surface area (Å²) in [6, 6.07) is 10.9. The molecule has 0 amide bonds. The highest BCUT2D eigenvalue weighted by atomic mass is 15.1. The maximum Gasteiger partial charge on any atom is 0.0955 e. The zero-order valence-corrected chi connectivity index (χ0v) is 10.1. The van der Waals surface area contributed by atoms with Gasteiger partial charge in [-0.1, -0.05) is 30.3 Å². The van der Waals surface area contributed by atoms with Gasteiger partial charge in [0.1, 0.15) is 0 Å². The largest absolute Gasteiger partial charge is 0.330 e. The summed E-state index contributed by atoms with van der Waals surface area (Å²) in [7, 11) is 0. The van der Waals surface area contributed by atoms with Crippen LogP contribution in [-0.4, -0.2) is 16.1 Å². The normalized spacial score (nSPS) is 19.0. The summed E-state index contributed by atoms with van der Waals surface area (Å²) >= 11 is 0. The van der Waals surface area contributed by atoms with Gasteiger partial charge in [-0.05, 0) is 12.5 Å². The van der Waals surface area contributed by atoms with Crippen LogP contribution in [0.1, 0.15) is 29.9 Å². The van der Waals surface area contributed by atoms with E-state index in [2.05, 4.69) is 52.1 Å². The smallest absolute Gasteiger partial charge is 0.0955 e. The second kappa shape index (κ2) is 4.34. The van der Waals surface area contributed by atoms with Crippen LogP contribution in [-0.2, 0) is 13.0 Å². The maximum atomic E-state index is 4.53. The number of benzene rings is 1. The van der Waals surface area contributed by atoms with Crippen LogP contribution in [0.4, 0.5) is 0 Å². The minimum atomic E-state index is 0.385. The molecule has 2 heterocycles. The van der Waals surface area contributed by atoms with E-state index in [1.165, 1.54) is 17.0 Å². The van der Waals surface area contributed by atoms with Crippen LogP contribution in [0.2, 0.25) is 0 Å². The molecule has 17 heavy (non-hydrogen) atoms. The first-order valence-corrected chi connectivity index (χ1v) is 6.16. The Morgan fingerprint density at radius 2 is 2.18 bits per heavy atom. The summed E-state index contributed by atoms with van der Waals surface area (Å²) in [6.45, 7) is 4.16. The number of rotatable bonds is 2. The van der Waals surface area contributed by atoms with E-state index in [0.29, 0.717) is 6.04 Å². The fourth-order valence-electron chi connectivity index (χ4n) is 2.48. The highest BCUT2D eigenvalue weighted by Crippen LogP contribution is 2.21. The van der Waals surface area contributed by atoms with Gasteiger partial charge in [0.05, 0.1) is 12.0 Å². The summed E-state index contributed by atoms with van der Waals surface area (Å²) in [5.74, 6) is 0. The van der Waals surface area contributed by atoms with Crippen LogP contribution in [0.25, 0.3) is 0 Å². The third-order valence-corrected chi connectivity index (χ3v) is 3.40. The van der Waals surface area contributed by atoms with Gasteiger partial charge in [-0.25, -0.2) is 4.98 Å². The van der Waals surface area contributed by atoms with Crippen molar-refractivity contribution in [1.29, 1.82) is 0 Å². The average Bonchev–Trinajstić information content (AvgIpc) is 2.76. The van der Waals surface area contributed by atoms with Crippen LogP contribution < -0.4 is 5.32 Å². The topological polar surface area (TPSA) is 29.9 Å². The van der Waals surface area contributed by atoms with E-state index in [-0.39, 0.29) is 0 Å². The summed E-state index contributed by atoms with van der Waals surface area (Å²) in [6.07, 6.45) is 3.05. The van der Waals surface area contributed by atoms with E-state index in [0.717, 1.165) is 19.5 Å². The van der Waals surface area contributed by atoms with Crippen molar-refractivity contribution in [2.45, 2.75) is 25.9 Å². The Balaban J connectivity index is 1.90. The van der Waals surface area contributed by atoms with Gasteiger partial charge >= 0.3 is 0 Å². The number of imidazole rings is 1. The van der Waals surface area contributed by atoms with Gasteiger partial charge in [0.2, 0.25) is 0 Å². The highest BCUT2D eigenvalue weighted by Gasteiger charge is 2.20. The molecule has 3 rings (SSSR count). The predicted molar refractivity (Wildman–Crippen MR) is 67.9 cm³/mol. The van der Waals surface area contributed by atoms with E-state index in [1.807, 2.05) is 6.33 Å². The molecule has 0 bridgehead atoms. The van der Waals surface area contributed by atoms with E-state index >= 15 is 0 Å². The molecule has 0 fully saturated rings. The van der Waals surface area contributed by atoms with Crippen molar-refractivity contribution in [3.63, 3.8) is 0 Å². The Hall–Kier alpha value is -1.61. The molecule has 0 saturated heterocycles. The Kier molecular flexibility index (Phi) is 2.69. The fraction of sp³-hybridized carbons (Fsp3) is 0.357. The van der Waals surface area contributed by atoms with Gasteiger partial charge < -0.3 is 9.88 Å². The Labute approximate surface area is 101 Å². The van der Waals surface area contributed by atoms with Crippen molar-refractivity contribution < 1.29 is 0 Å². The molecular formula is C14H17N3. The van der Waals surface area contributed by atoms with Gasteiger partial charge in [0.15, 0.2) is 0 Å². The van der Waals surface area contributed by atoms with Crippen molar-refractivity contribution in [1.82, 2.24) is 14.9 Å². The van der Waals surface area contributed by atoms with Gasteiger partial charge in [-0.15, -0.1) is 0 Å². The number of nitrogens with zero attached hydrogens (tertiary/aromatic N) is 2. The molecule has 1 atom stereocenters. The van der Waals surface area contributed by atoms with Crippen molar-refractivity contribution in [2.75, 3.05) is 6.54 Å². The molecular weight excluding hydrogens is 210 g/mol. The third kappa shape index (κ3) is 1.98. The van der Waals surface area contributed by atoms with Crippen LogP contribution in [0.5, 0.6) is 0 Å². The van der Waals surface area contributed by atoms with Crippen LogP contribution >= 0.6 is 0 Å². The van der Waals surface area contributed by atoms with Crippen molar-refractivity contribution in [3.8, 4) is 0 Å².